The summed E-state index contributed by atoms with van der Waals surface area (Å²) in [6.45, 7) is 11.5. The molecule has 4 nitrogen and oxygen atoms in total. The highest BCUT2D eigenvalue weighted by Crippen LogP contribution is 2.38. The molecule has 1 unspecified atom stereocenters. The monoisotopic (exact) mass is 301 g/mol. The molecule has 0 fully saturated rings. The van der Waals surface area contributed by atoms with Crippen molar-refractivity contribution in [2.24, 2.45) is 0 Å². The van der Waals surface area contributed by atoms with Crippen LogP contribution in [0.25, 0.3) is 0 Å². The minimum atomic E-state index is -0.272. The molecule has 0 amide bonds. The van der Waals surface area contributed by atoms with Crippen molar-refractivity contribution in [2.75, 3.05) is 13.7 Å². The van der Waals surface area contributed by atoms with E-state index in [0.29, 0.717) is 5.02 Å². The Morgan fingerprint density at radius 2 is 1.95 bits per heavy atom. The van der Waals surface area contributed by atoms with Crippen molar-refractivity contribution >= 4 is 11.6 Å². The van der Waals surface area contributed by atoms with Gasteiger partial charge in [0, 0.05) is 13.2 Å². The quantitative estimate of drug-likeness (QED) is 0.789. The van der Waals surface area contributed by atoms with E-state index in [2.05, 4.69) is 45.0 Å². The van der Waals surface area contributed by atoms with Gasteiger partial charge in [0.05, 0.1) is 28.6 Å². The number of rotatable bonds is 8. The lowest BCUT2D eigenvalue weighted by Crippen LogP contribution is -2.46. The molecule has 1 aromatic rings. The van der Waals surface area contributed by atoms with Crippen LogP contribution >= 0.6 is 11.6 Å². The van der Waals surface area contributed by atoms with Crippen LogP contribution in [0.2, 0.25) is 5.02 Å². The molecular formula is C15H28ClN3O. The molecule has 116 valence electrons. The minimum absolute atomic E-state index is 0.0323. The van der Waals surface area contributed by atoms with Gasteiger partial charge in [-0.15, -0.1) is 0 Å². The number of aromatic nitrogens is 2. The zero-order valence-electron chi connectivity index (χ0n) is 13.5. The molecule has 1 atom stereocenters. The summed E-state index contributed by atoms with van der Waals surface area (Å²) in [5.41, 5.74) is 0.751. The Hall–Kier alpha value is -0.580. The third-order valence-corrected chi connectivity index (χ3v) is 4.38. The molecule has 5 heteroatoms. The first-order valence-corrected chi connectivity index (χ1v) is 7.86. The molecule has 0 aromatic carbocycles. The van der Waals surface area contributed by atoms with Crippen LogP contribution in [0.1, 0.15) is 65.2 Å². The molecule has 20 heavy (non-hydrogen) atoms. The maximum absolute atomic E-state index is 6.42. The molecule has 1 aromatic heterocycles. The second kappa shape index (κ2) is 7.43. The molecule has 1 heterocycles. The number of nitrogens with one attached hydrogen (secondary N) is 1. The fourth-order valence-corrected chi connectivity index (χ4v) is 3.07. The Kier molecular flexibility index (Phi) is 6.49. The molecular weight excluding hydrogens is 274 g/mol. The largest absolute Gasteiger partial charge is 0.376 e. The molecule has 0 spiro atoms. The van der Waals surface area contributed by atoms with Crippen molar-refractivity contribution in [1.82, 2.24) is 15.1 Å². The van der Waals surface area contributed by atoms with E-state index in [4.69, 9.17) is 16.3 Å². The van der Waals surface area contributed by atoms with Crippen LogP contribution in [0.5, 0.6) is 0 Å². The predicted octanol–water partition coefficient (Wildman–Crippen LogP) is 3.97. The zero-order valence-corrected chi connectivity index (χ0v) is 14.3. The van der Waals surface area contributed by atoms with E-state index in [1.165, 1.54) is 0 Å². The van der Waals surface area contributed by atoms with Gasteiger partial charge in [0.2, 0.25) is 0 Å². The van der Waals surface area contributed by atoms with Gasteiger partial charge in [-0.1, -0.05) is 32.4 Å². The maximum atomic E-state index is 6.42. The first-order valence-electron chi connectivity index (χ1n) is 7.48. The summed E-state index contributed by atoms with van der Waals surface area (Å²) < 4.78 is 7.90. The van der Waals surface area contributed by atoms with E-state index in [9.17, 15) is 0 Å². The Morgan fingerprint density at radius 1 is 1.35 bits per heavy atom. The van der Waals surface area contributed by atoms with Crippen LogP contribution in [-0.2, 0) is 4.74 Å². The molecule has 1 N–H and O–H groups in total. The van der Waals surface area contributed by atoms with E-state index in [1.807, 2.05) is 4.68 Å². The van der Waals surface area contributed by atoms with Gasteiger partial charge in [0.1, 0.15) is 0 Å². The Balaban J connectivity index is 3.36. The number of ether oxygens (including phenoxy) is 1. The van der Waals surface area contributed by atoms with Crippen molar-refractivity contribution in [3.8, 4) is 0 Å². The molecule has 0 radical (unpaired) electrons. The van der Waals surface area contributed by atoms with Crippen molar-refractivity contribution in [1.29, 1.82) is 0 Å². The Bertz CT molecular complexity index is 405. The number of hydrogen-bond acceptors (Lipinski definition) is 3. The van der Waals surface area contributed by atoms with Gasteiger partial charge < -0.3 is 10.1 Å². The number of hydrogen-bond donors (Lipinski definition) is 1. The van der Waals surface area contributed by atoms with Gasteiger partial charge in [-0.2, -0.15) is 5.10 Å². The summed E-state index contributed by atoms with van der Waals surface area (Å²) in [6, 6.07) is 0.298. The van der Waals surface area contributed by atoms with Gasteiger partial charge in [-0.25, -0.2) is 0 Å². The smallest absolute Gasteiger partial charge is 0.0883 e. The summed E-state index contributed by atoms with van der Waals surface area (Å²) in [7, 11) is 1.78. The van der Waals surface area contributed by atoms with Crippen LogP contribution in [0, 0.1) is 0 Å². The zero-order chi connectivity index (χ0) is 15.3. The molecule has 0 aliphatic carbocycles. The van der Waals surface area contributed by atoms with Gasteiger partial charge in [0.25, 0.3) is 0 Å². The highest BCUT2D eigenvalue weighted by Gasteiger charge is 2.39. The van der Waals surface area contributed by atoms with Crippen molar-refractivity contribution in [2.45, 2.75) is 65.1 Å². The second-order valence-electron chi connectivity index (χ2n) is 5.38. The predicted molar refractivity (Wildman–Crippen MR) is 84.4 cm³/mol. The van der Waals surface area contributed by atoms with E-state index in [1.54, 1.807) is 13.3 Å². The lowest BCUT2D eigenvalue weighted by Gasteiger charge is -2.39. The first kappa shape index (κ1) is 17.5. The number of methoxy groups -OCH3 is 1. The first-order chi connectivity index (χ1) is 9.47. The summed E-state index contributed by atoms with van der Waals surface area (Å²) in [4.78, 5) is 0. The van der Waals surface area contributed by atoms with Crippen LogP contribution in [0.4, 0.5) is 0 Å². The van der Waals surface area contributed by atoms with Gasteiger partial charge >= 0.3 is 0 Å². The van der Waals surface area contributed by atoms with E-state index < -0.39 is 0 Å². The Labute approximate surface area is 127 Å². The van der Waals surface area contributed by atoms with Crippen molar-refractivity contribution < 1.29 is 4.74 Å². The van der Waals surface area contributed by atoms with Gasteiger partial charge in [-0.3, -0.25) is 4.68 Å². The third-order valence-electron chi connectivity index (χ3n) is 4.09. The molecule has 0 saturated heterocycles. The van der Waals surface area contributed by atoms with Crippen LogP contribution < -0.4 is 5.32 Å². The molecule has 0 aliphatic rings. The average Bonchev–Trinajstić information content (AvgIpc) is 2.82. The molecule has 0 saturated carbocycles. The number of nitrogens with zero attached hydrogens (tertiary/aromatic N) is 2. The lowest BCUT2D eigenvalue weighted by molar-refractivity contribution is -0.0505. The van der Waals surface area contributed by atoms with Crippen molar-refractivity contribution in [3.63, 3.8) is 0 Å². The minimum Gasteiger partial charge on any atom is -0.376 e. The lowest BCUT2D eigenvalue weighted by atomic mass is 9.85. The normalized spacial score (nSPS) is 14.0. The summed E-state index contributed by atoms with van der Waals surface area (Å²) in [5, 5.41) is 8.67. The molecule has 0 aliphatic heterocycles. The van der Waals surface area contributed by atoms with Crippen LogP contribution in [0.15, 0.2) is 6.20 Å². The number of halogens is 1. The second-order valence-corrected chi connectivity index (χ2v) is 5.79. The third kappa shape index (κ3) is 3.18. The SMILES string of the molecule is CCNC(c1c(Cl)cnn1C(C)C)C(CC)(CC)OC. The highest BCUT2D eigenvalue weighted by atomic mass is 35.5. The topological polar surface area (TPSA) is 39.1 Å². The van der Waals surface area contributed by atoms with E-state index >= 15 is 0 Å². The number of likely N-dealkylation sites (N-methyl/N-ethyl adjacent to an activating group) is 1. The van der Waals surface area contributed by atoms with Crippen LogP contribution in [0.3, 0.4) is 0 Å². The summed E-state index contributed by atoms with van der Waals surface area (Å²) in [5.74, 6) is 0. The van der Waals surface area contributed by atoms with Gasteiger partial charge in [0.15, 0.2) is 0 Å². The van der Waals surface area contributed by atoms with Crippen molar-refractivity contribution in [3.05, 3.63) is 16.9 Å². The maximum Gasteiger partial charge on any atom is 0.0883 e. The highest BCUT2D eigenvalue weighted by molar-refractivity contribution is 6.31. The fraction of sp³-hybridized carbons (Fsp3) is 0.800. The Morgan fingerprint density at radius 3 is 2.35 bits per heavy atom. The molecule has 0 bridgehead atoms. The summed E-state index contributed by atoms with van der Waals surface area (Å²) >= 11 is 6.42. The summed E-state index contributed by atoms with van der Waals surface area (Å²) in [6.07, 6.45) is 3.56. The average molecular weight is 302 g/mol. The fourth-order valence-electron chi connectivity index (χ4n) is 2.83. The van der Waals surface area contributed by atoms with Crippen LogP contribution in [-0.4, -0.2) is 29.0 Å². The standard InChI is InChI=1S/C15H28ClN3O/c1-7-15(8-2,20-6)14(17-9-3)13-12(16)10-18-19(13)11(4)5/h10-11,14,17H,7-9H2,1-6H3. The van der Waals surface area contributed by atoms with Gasteiger partial charge in [-0.05, 0) is 33.2 Å². The molecule has 1 rings (SSSR count). The van der Waals surface area contributed by atoms with E-state index in [0.717, 1.165) is 25.1 Å². The van der Waals surface area contributed by atoms with E-state index in [-0.39, 0.29) is 17.7 Å².